The maximum Gasteiger partial charge on any atom is 0.220 e. The minimum atomic E-state index is -0.450. The summed E-state index contributed by atoms with van der Waals surface area (Å²) in [5.74, 6) is 1.49. The minimum Gasteiger partial charge on any atom is -0.388 e. The molecule has 0 aliphatic carbocycles. The molecule has 0 aliphatic rings. The van der Waals surface area contributed by atoms with E-state index in [-0.39, 0.29) is 5.91 Å². The number of carbonyl (C=O) groups excluding carboxylic acids is 1. The largest absolute Gasteiger partial charge is 0.388 e. The third-order valence-corrected chi connectivity index (χ3v) is 3.83. The fourth-order valence-electron chi connectivity index (χ4n) is 1.62. The molecule has 0 radical (unpaired) electrons. The van der Waals surface area contributed by atoms with Gasteiger partial charge < -0.3 is 10.4 Å². The predicted molar refractivity (Wildman–Crippen MR) is 81.3 cm³/mol. The van der Waals surface area contributed by atoms with Crippen LogP contribution in [0.5, 0.6) is 0 Å². The summed E-state index contributed by atoms with van der Waals surface area (Å²) in [7, 11) is 0. The number of aliphatic hydroxyl groups excluding tert-OH is 1. The van der Waals surface area contributed by atoms with Crippen LogP contribution in [0, 0.1) is 0 Å². The van der Waals surface area contributed by atoms with E-state index >= 15 is 0 Å². The van der Waals surface area contributed by atoms with Gasteiger partial charge in [-0.05, 0) is 12.0 Å². The van der Waals surface area contributed by atoms with Crippen LogP contribution in [0.2, 0.25) is 0 Å². The molecule has 0 saturated heterocycles. The highest BCUT2D eigenvalue weighted by molar-refractivity contribution is 7.99. The summed E-state index contributed by atoms with van der Waals surface area (Å²) in [5.41, 5.74) is 0.933. The van der Waals surface area contributed by atoms with Crippen molar-refractivity contribution in [2.75, 3.05) is 18.1 Å². The molecule has 1 unspecified atom stereocenters. The SMILES string of the molecule is CCCCNC(=O)CCSCC(O)c1ccccc1. The second-order valence-electron chi connectivity index (χ2n) is 4.45. The molecule has 0 heterocycles. The first-order chi connectivity index (χ1) is 9.24. The zero-order valence-corrected chi connectivity index (χ0v) is 12.3. The summed E-state index contributed by atoms with van der Waals surface area (Å²) >= 11 is 1.61. The zero-order valence-electron chi connectivity index (χ0n) is 11.5. The molecule has 19 heavy (non-hydrogen) atoms. The summed E-state index contributed by atoms with van der Waals surface area (Å²) in [5, 5.41) is 12.8. The molecular weight excluding hydrogens is 258 g/mol. The molecule has 0 fully saturated rings. The summed E-state index contributed by atoms with van der Waals surface area (Å²) < 4.78 is 0. The Kier molecular flexibility index (Phi) is 8.34. The first kappa shape index (κ1) is 16.1. The number of carbonyl (C=O) groups is 1. The predicted octanol–water partition coefficient (Wildman–Crippen LogP) is 2.76. The van der Waals surface area contributed by atoms with Gasteiger partial charge in [0.15, 0.2) is 0 Å². The second kappa shape index (κ2) is 9.87. The molecule has 1 rings (SSSR count). The first-order valence-electron chi connectivity index (χ1n) is 6.81. The summed E-state index contributed by atoms with van der Waals surface area (Å²) in [6.45, 7) is 2.87. The highest BCUT2D eigenvalue weighted by Crippen LogP contribution is 2.18. The van der Waals surface area contributed by atoms with Crippen molar-refractivity contribution in [1.82, 2.24) is 5.32 Å². The molecule has 1 aromatic carbocycles. The number of hydrogen-bond donors (Lipinski definition) is 2. The van der Waals surface area contributed by atoms with Crippen molar-refractivity contribution in [3.05, 3.63) is 35.9 Å². The van der Waals surface area contributed by atoms with E-state index < -0.39 is 6.10 Å². The van der Waals surface area contributed by atoms with E-state index in [0.29, 0.717) is 12.2 Å². The number of rotatable bonds is 9. The topological polar surface area (TPSA) is 49.3 Å². The number of unbranched alkanes of at least 4 members (excludes halogenated alkanes) is 1. The lowest BCUT2D eigenvalue weighted by Gasteiger charge is -2.10. The van der Waals surface area contributed by atoms with Gasteiger partial charge in [-0.15, -0.1) is 0 Å². The number of nitrogens with one attached hydrogen (secondary N) is 1. The standard InChI is InChI=1S/C15H23NO2S/c1-2-3-10-16-15(18)9-11-19-12-14(17)13-7-5-4-6-8-13/h4-8,14,17H,2-3,9-12H2,1H3,(H,16,18). The van der Waals surface area contributed by atoms with Crippen LogP contribution in [-0.2, 0) is 4.79 Å². The van der Waals surface area contributed by atoms with Crippen LogP contribution in [-0.4, -0.2) is 29.1 Å². The Bertz CT molecular complexity index is 356. The lowest BCUT2D eigenvalue weighted by molar-refractivity contribution is -0.120. The van der Waals surface area contributed by atoms with E-state index in [1.807, 2.05) is 30.3 Å². The molecule has 0 bridgehead atoms. The van der Waals surface area contributed by atoms with Gasteiger partial charge in [-0.2, -0.15) is 11.8 Å². The Hall–Kier alpha value is -1.00. The molecule has 1 atom stereocenters. The lowest BCUT2D eigenvalue weighted by atomic mass is 10.1. The maximum atomic E-state index is 11.4. The van der Waals surface area contributed by atoms with Crippen LogP contribution in [0.4, 0.5) is 0 Å². The van der Waals surface area contributed by atoms with Crippen molar-refractivity contribution in [1.29, 1.82) is 0 Å². The quantitative estimate of drug-likeness (QED) is 0.684. The van der Waals surface area contributed by atoms with Crippen LogP contribution >= 0.6 is 11.8 Å². The van der Waals surface area contributed by atoms with Gasteiger partial charge in [0.1, 0.15) is 0 Å². The Morgan fingerprint density at radius 1 is 1.37 bits per heavy atom. The normalized spacial score (nSPS) is 12.1. The fourth-order valence-corrected chi connectivity index (χ4v) is 2.54. The number of aliphatic hydroxyl groups is 1. The van der Waals surface area contributed by atoms with E-state index in [1.165, 1.54) is 0 Å². The molecule has 106 valence electrons. The van der Waals surface area contributed by atoms with Crippen molar-refractivity contribution < 1.29 is 9.90 Å². The molecule has 2 N–H and O–H groups in total. The Morgan fingerprint density at radius 3 is 2.79 bits per heavy atom. The molecule has 0 aromatic heterocycles. The summed E-state index contributed by atoms with van der Waals surface area (Å²) in [6, 6.07) is 9.62. The van der Waals surface area contributed by atoms with E-state index in [9.17, 15) is 9.90 Å². The molecule has 0 aliphatic heterocycles. The van der Waals surface area contributed by atoms with Crippen molar-refractivity contribution >= 4 is 17.7 Å². The fraction of sp³-hybridized carbons (Fsp3) is 0.533. The van der Waals surface area contributed by atoms with Crippen LogP contribution in [0.15, 0.2) is 30.3 Å². The molecular formula is C15H23NO2S. The second-order valence-corrected chi connectivity index (χ2v) is 5.60. The van der Waals surface area contributed by atoms with Crippen LogP contribution in [0.1, 0.15) is 37.9 Å². The zero-order chi connectivity index (χ0) is 13.9. The molecule has 3 nitrogen and oxygen atoms in total. The molecule has 4 heteroatoms. The average molecular weight is 281 g/mol. The van der Waals surface area contributed by atoms with E-state index in [4.69, 9.17) is 0 Å². The van der Waals surface area contributed by atoms with Crippen LogP contribution in [0.25, 0.3) is 0 Å². The molecule has 1 aromatic rings. The Balaban J connectivity index is 2.09. The van der Waals surface area contributed by atoms with Crippen molar-refractivity contribution in [3.8, 4) is 0 Å². The minimum absolute atomic E-state index is 0.107. The van der Waals surface area contributed by atoms with Gasteiger partial charge in [0.05, 0.1) is 6.10 Å². The molecule has 1 amide bonds. The summed E-state index contributed by atoms with van der Waals surface area (Å²) in [4.78, 5) is 11.4. The van der Waals surface area contributed by atoms with Gasteiger partial charge in [0, 0.05) is 24.5 Å². The monoisotopic (exact) mass is 281 g/mol. The van der Waals surface area contributed by atoms with Gasteiger partial charge in [0.2, 0.25) is 5.91 Å². The van der Waals surface area contributed by atoms with Crippen molar-refractivity contribution in [2.45, 2.75) is 32.3 Å². The van der Waals surface area contributed by atoms with Crippen LogP contribution in [0.3, 0.4) is 0 Å². The van der Waals surface area contributed by atoms with Gasteiger partial charge in [-0.1, -0.05) is 43.7 Å². The van der Waals surface area contributed by atoms with Gasteiger partial charge in [-0.3, -0.25) is 4.79 Å². The first-order valence-corrected chi connectivity index (χ1v) is 7.97. The highest BCUT2D eigenvalue weighted by Gasteiger charge is 2.07. The number of thioether (sulfide) groups is 1. The average Bonchev–Trinajstić information content (AvgIpc) is 2.44. The van der Waals surface area contributed by atoms with Crippen molar-refractivity contribution in [2.24, 2.45) is 0 Å². The highest BCUT2D eigenvalue weighted by atomic mass is 32.2. The number of hydrogen-bond acceptors (Lipinski definition) is 3. The lowest BCUT2D eigenvalue weighted by Crippen LogP contribution is -2.24. The summed E-state index contributed by atoms with van der Waals surface area (Å²) in [6.07, 6.45) is 2.20. The van der Waals surface area contributed by atoms with E-state index in [0.717, 1.165) is 30.7 Å². The van der Waals surface area contributed by atoms with Gasteiger partial charge in [0.25, 0.3) is 0 Å². The van der Waals surface area contributed by atoms with E-state index in [1.54, 1.807) is 11.8 Å². The third-order valence-electron chi connectivity index (χ3n) is 2.79. The molecule has 0 saturated carbocycles. The van der Waals surface area contributed by atoms with Gasteiger partial charge in [-0.25, -0.2) is 0 Å². The van der Waals surface area contributed by atoms with Crippen molar-refractivity contribution in [3.63, 3.8) is 0 Å². The Labute approximate surface area is 119 Å². The van der Waals surface area contributed by atoms with E-state index in [2.05, 4.69) is 12.2 Å². The Morgan fingerprint density at radius 2 is 2.11 bits per heavy atom. The third kappa shape index (κ3) is 7.23. The number of amides is 1. The van der Waals surface area contributed by atoms with Crippen LogP contribution < -0.4 is 5.32 Å². The van der Waals surface area contributed by atoms with Gasteiger partial charge >= 0.3 is 0 Å². The molecule has 0 spiro atoms. The smallest absolute Gasteiger partial charge is 0.220 e. The number of benzene rings is 1. The maximum absolute atomic E-state index is 11.4.